The number of sulfonamides is 1. The number of piperidine rings is 1. The van der Waals surface area contributed by atoms with Crippen LogP contribution in [-0.2, 0) is 14.8 Å². The van der Waals surface area contributed by atoms with Gasteiger partial charge in [0, 0.05) is 35.6 Å². The van der Waals surface area contributed by atoms with E-state index in [4.69, 9.17) is 11.6 Å². The number of aromatic nitrogens is 1. The third kappa shape index (κ3) is 3.68. The van der Waals surface area contributed by atoms with Gasteiger partial charge in [0.1, 0.15) is 0 Å². The van der Waals surface area contributed by atoms with Gasteiger partial charge >= 0.3 is 0 Å². The first-order chi connectivity index (χ1) is 11.3. The Morgan fingerprint density at radius 3 is 2.71 bits per heavy atom. The number of rotatable bonds is 3. The first-order valence-electron chi connectivity index (χ1n) is 7.65. The summed E-state index contributed by atoms with van der Waals surface area (Å²) in [5.41, 5.74) is 1.26. The van der Waals surface area contributed by atoms with E-state index >= 15 is 0 Å². The molecule has 0 atom stereocenters. The minimum absolute atomic E-state index is 0.127. The number of amides is 1. The summed E-state index contributed by atoms with van der Waals surface area (Å²) in [5, 5.41) is 4.27. The molecule has 128 valence electrons. The van der Waals surface area contributed by atoms with Crippen LogP contribution in [0, 0.1) is 5.92 Å². The van der Waals surface area contributed by atoms with Gasteiger partial charge in [-0.1, -0.05) is 17.7 Å². The van der Waals surface area contributed by atoms with Gasteiger partial charge in [-0.25, -0.2) is 12.7 Å². The van der Waals surface area contributed by atoms with Crippen LogP contribution < -0.4 is 5.32 Å². The third-order valence-corrected chi connectivity index (χ3v) is 5.74. The molecule has 1 saturated heterocycles. The maximum absolute atomic E-state index is 12.5. The van der Waals surface area contributed by atoms with Gasteiger partial charge in [0.05, 0.1) is 17.5 Å². The van der Waals surface area contributed by atoms with Crippen LogP contribution in [0.2, 0.25) is 5.02 Å². The second-order valence-corrected chi connectivity index (χ2v) is 8.37. The first kappa shape index (κ1) is 17.1. The molecule has 0 spiro atoms. The molecule has 0 saturated carbocycles. The van der Waals surface area contributed by atoms with Crippen LogP contribution in [0.15, 0.2) is 30.5 Å². The third-order valence-electron chi connectivity index (χ3n) is 4.22. The van der Waals surface area contributed by atoms with E-state index in [0.29, 0.717) is 42.2 Å². The number of anilines is 1. The van der Waals surface area contributed by atoms with Crippen LogP contribution in [0.25, 0.3) is 10.9 Å². The number of carbonyl (C=O) groups excluding carboxylic acids is 1. The van der Waals surface area contributed by atoms with E-state index < -0.39 is 10.0 Å². The number of benzene rings is 1. The number of hydrogen-bond acceptors (Lipinski definition) is 4. The average Bonchev–Trinajstić information content (AvgIpc) is 2.54. The fourth-order valence-electron chi connectivity index (χ4n) is 2.94. The molecular formula is C16H18ClN3O3S. The van der Waals surface area contributed by atoms with Gasteiger partial charge in [-0.05, 0) is 31.0 Å². The highest BCUT2D eigenvalue weighted by atomic mass is 35.5. The average molecular weight is 368 g/mol. The van der Waals surface area contributed by atoms with E-state index in [2.05, 4.69) is 10.3 Å². The van der Waals surface area contributed by atoms with Crippen LogP contribution in [0.3, 0.4) is 0 Å². The lowest BCUT2D eigenvalue weighted by molar-refractivity contribution is -0.120. The van der Waals surface area contributed by atoms with E-state index in [1.54, 1.807) is 18.3 Å². The van der Waals surface area contributed by atoms with Crippen molar-refractivity contribution in [2.45, 2.75) is 12.8 Å². The highest BCUT2D eigenvalue weighted by molar-refractivity contribution is 7.88. The van der Waals surface area contributed by atoms with Crippen molar-refractivity contribution < 1.29 is 13.2 Å². The molecule has 1 aromatic heterocycles. The van der Waals surface area contributed by atoms with Crippen molar-refractivity contribution in [3.63, 3.8) is 0 Å². The summed E-state index contributed by atoms with van der Waals surface area (Å²) in [6.45, 7) is 0.733. The molecule has 3 rings (SSSR count). The van der Waals surface area contributed by atoms with Crippen molar-refractivity contribution in [2.75, 3.05) is 24.7 Å². The second kappa shape index (κ2) is 6.66. The maximum Gasteiger partial charge on any atom is 0.227 e. The maximum atomic E-state index is 12.5. The van der Waals surface area contributed by atoms with Crippen molar-refractivity contribution in [3.05, 3.63) is 35.5 Å². The van der Waals surface area contributed by atoms with E-state index in [-0.39, 0.29) is 11.8 Å². The number of nitrogens with zero attached hydrogens (tertiary/aromatic N) is 2. The van der Waals surface area contributed by atoms with Crippen molar-refractivity contribution in [2.24, 2.45) is 5.92 Å². The summed E-state index contributed by atoms with van der Waals surface area (Å²) in [7, 11) is -3.19. The summed E-state index contributed by atoms with van der Waals surface area (Å²) in [6.07, 6.45) is 3.86. The zero-order chi connectivity index (χ0) is 17.3. The topological polar surface area (TPSA) is 79.4 Å². The quantitative estimate of drug-likeness (QED) is 0.903. The molecule has 2 heterocycles. The molecule has 0 radical (unpaired) electrons. The van der Waals surface area contributed by atoms with Crippen LogP contribution in [0.1, 0.15) is 12.8 Å². The molecular weight excluding hydrogens is 350 g/mol. The monoisotopic (exact) mass is 367 g/mol. The Morgan fingerprint density at radius 2 is 2.04 bits per heavy atom. The summed E-state index contributed by atoms with van der Waals surface area (Å²) in [5.74, 6) is -0.349. The molecule has 24 heavy (non-hydrogen) atoms. The minimum atomic E-state index is -3.19. The highest BCUT2D eigenvalue weighted by Crippen LogP contribution is 2.28. The zero-order valence-electron chi connectivity index (χ0n) is 13.2. The van der Waals surface area contributed by atoms with Crippen molar-refractivity contribution >= 4 is 44.1 Å². The summed E-state index contributed by atoms with van der Waals surface area (Å²) < 4.78 is 24.5. The van der Waals surface area contributed by atoms with Crippen LogP contribution >= 0.6 is 11.6 Å². The Labute approximate surface area is 145 Å². The SMILES string of the molecule is CS(=O)(=O)N1CCC(C(=O)Nc2cc(Cl)cc3cccnc23)CC1. The lowest BCUT2D eigenvalue weighted by atomic mass is 9.97. The van der Waals surface area contributed by atoms with Crippen molar-refractivity contribution in [1.29, 1.82) is 0 Å². The van der Waals surface area contributed by atoms with E-state index in [0.717, 1.165) is 5.39 Å². The predicted molar refractivity (Wildman–Crippen MR) is 94.5 cm³/mol. The van der Waals surface area contributed by atoms with Gasteiger partial charge in [-0.15, -0.1) is 0 Å². The lowest BCUT2D eigenvalue weighted by Gasteiger charge is -2.29. The summed E-state index contributed by atoms with van der Waals surface area (Å²) in [6, 6.07) is 7.17. The van der Waals surface area contributed by atoms with Crippen molar-refractivity contribution in [1.82, 2.24) is 9.29 Å². The molecule has 1 aliphatic rings. The molecule has 1 amide bonds. The van der Waals surface area contributed by atoms with Gasteiger partial charge in [0.25, 0.3) is 0 Å². The minimum Gasteiger partial charge on any atom is -0.324 e. The van der Waals surface area contributed by atoms with Crippen LogP contribution in [0.4, 0.5) is 5.69 Å². The second-order valence-electron chi connectivity index (χ2n) is 5.95. The van der Waals surface area contributed by atoms with Crippen LogP contribution in [0.5, 0.6) is 0 Å². The Kier molecular flexibility index (Phi) is 4.76. The molecule has 0 unspecified atom stereocenters. The normalized spacial score (nSPS) is 17.1. The number of nitrogens with one attached hydrogen (secondary N) is 1. The number of hydrogen-bond donors (Lipinski definition) is 1. The number of halogens is 1. The Bertz CT molecular complexity index is 877. The van der Waals surface area contributed by atoms with Gasteiger partial charge in [0.15, 0.2) is 0 Å². The number of carbonyl (C=O) groups is 1. The van der Waals surface area contributed by atoms with Gasteiger partial charge < -0.3 is 5.32 Å². The first-order valence-corrected chi connectivity index (χ1v) is 9.87. The number of fused-ring (bicyclic) bond motifs is 1. The Balaban J connectivity index is 1.75. The molecule has 1 N–H and O–H groups in total. The van der Waals surface area contributed by atoms with Gasteiger partial charge in [-0.3, -0.25) is 9.78 Å². The van der Waals surface area contributed by atoms with Gasteiger partial charge in [-0.2, -0.15) is 0 Å². The summed E-state index contributed by atoms with van der Waals surface area (Å²) >= 11 is 6.11. The molecule has 2 aromatic rings. The predicted octanol–water partition coefficient (Wildman–Crippen LogP) is 2.50. The highest BCUT2D eigenvalue weighted by Gasteiger charge is 2.29. The Hall–Kier alpha value is -1.70. The molecule has 0 aliphatic carbocycles. The molecule has 1 aromatic carbocycles. The van der Waals surface area contributed by atoms with E-state index in [1.165, 1.54) is 10.6 Å². The largest absolute Gasteiger partial charge is 0.324 e. The lowest BCUT2D eigenvalue weighted by Crippen LogP contribution is -2.40. The molecule has 1 fully saturated rings. The Morgan fingerprint density at radius 1 is 1.33 bits per heavy atom. The van der Waals surface area contributed by atoms with E-state index in [9.17, 15) is 13.2 Å². The zero-order valence-corrected chi connectivity index (χ0v) is 14.8. The molecule has 1 aliphatic heterocycles. The standard InChI is InChI=1S/C16H18ClN3O3S/c1-24(22,23)20-7-4-11(5-8-20)16(21)19-14-10-13(17)9-12-3-2-6-18-15(12)14/h2-3,6,9-11H,4-5,7-8H2,1H3,(H,19,21). The summed E-state index contributed by atoms with van der Waals surface area (Å²) in [4.78, 5) is 16.8. The fraction of sp³-hybridized carbons (Fsp3) is 0.375. The number of pyridine rings is 1. The van der Waals surface area contributed by atoms with Gasteiger partial charge in [0.2, 0.25) is 15.9 Å². The molecule has 6 nitrogen and oxygen atoms in total. The smallest absolute Gasteiger partial charge is 0.227 e. The fourth-order valence-corrected chi connectivity index (χ4v) is 4.04. The van der Waals surface area contributed by atoms with Crippen molar-refractivity contribution in [3.8, 4) is 0 Å². The van der Waals surface area contributed by atoms with E-state index in [1.807, 2.05) is 12.1 Å². The molecule has 0 bridgehead atoms. The molecule has 8 heteroatoms. The van der Waals surface area contributed by atoms with Crippen LogP contribution in [-0.4, -0.2) is 43.0 Å².